The zero-order valence-corrected chi connectivity index (χ0v) is 19.0. The summed E-state index contributed by atoms with van der Waals surface area (Å²) in [5, 5.41) is 0.727. The van der Waals surface area contributed by atoms with E-state index in [0.717, 1.165) is 50.1 Å². The normalized spacial score (nSPS) is 11.0. The Kier molecular flexibility index (Phi) is 6.01. The van der Waals surface area contributed by atoms with Crippen molar-refractivity contribution in [1.82, 2.24) is 9.55 Å². The zero-order chi connectivity index (χ0) is 22.6. The van der Waals surface area contributed by atoms with Gasteiger partial charge in [-0.05, 0) is 59.7 Å². The van der Waals surface area contributed by atoms with Crippen molar-refractivity contribution in [2.45, 2.75) is 13.2 Å². The van der Waals surface area contributed by atoms with Crippen LogP contribution in [0.4, 0.5) is 0 Å². The molecule has 0 radical (unpaired) electrons. The molecule has 0 N–H and O–H groups in total. The van der Waals surface area contributed by atoms with Crippen LogP contribution in [0.15, 0.2) is 97.1 Å². The standard InChI is InChI=1S/C28H23ClN2O2/c1-32-24-13-9-22(10-14-24)28-30-26-17-25(33-19-21-5-3-2-4-6-21)15-16-27(26)31(28)18-20-7-11-23(29)12-8-20/h2-17H,18-19H2,1H3. The quantitative estimate of drug-likeness (QED) is 0.266. The Morgan fingerprint density at radius 2 is 1.52 bits per heavy atom. The third-order valence-corrected chi connectivity index (χ3v) is 5.82. The summed E-state index contributed by atoms with van der Waals surface area (Å²) in [6, 6.07) is 32.1. The zero-order valence-electron chi connectivity index (χ0n) is 18.2. The van der Waals surface area contributed by atoms with E-state index in [1.807, 2.05) is 78.9 Å². The highest BCUT2D eigenvalue weighted by atomic mass is 35.5. The number of aromatic nitrogens is 2. The summed E-state index contributed by atoms with van der Waals surface area (Å²) in [4.78, 5) is 4.98. The fourth-order valence-electron chi connectivity index (χ4n) is 3.83. The molecule has 0 bridgehead atoms. The molecule has 0 unspecified atom stereocenters. The molecule has 5 heteroatoms. The number of halogens is 1. The predicted octanol–water partition coefficient (Wildman–Crippen LogP) is 6.99. The van der Waals surface area contributed by atoms with Crippen LogP contribution in [0.1, 0.15) is 11.1 Å². The van der Waals surface area contributed by atoms with Crippen molar-refractivity contribution < 1.29 is 9.47 Å². The molecule has 0 fully saturated rings. The van der Waals surface area contributed by atoms with Crippen LogP contribution >= 0.6 is 11.6 Å². The van der Waals surface area contributed by atoms with E-state index in [-0.39, 0.29) is 0 Å². The lowest BCUT2D eigenvalue weighted by atomic mass is 10.2. The van der Waals surface area contributed by atoms with Crippen LogP contribution in [0.3, 0.4) is 0 Å². The van der Waals surface area contributed by atoms with Gasteiger partial charge in [0.1, 0.15) is 23.9 Å². The highest BCUT2D eigenvalue weighted by Gasteiger charge is 2.14. The summed E-state index contributed by atoms with van der Waals surface area (Å²) in [6.45, 7) is 1.20. The van der Waals surface area contributed by atoms with E-state index in [4.69, 9.17) is 26.1 Å². The van der Waals surface area contributed by atoms with Crippen LogP contribution in [0.25, 0.3) is 22.4 Å². The Labute approximate surface area is 198 Å². The predicted molar refractivity (Wildman–Crippen MR) is 133 cm³/mol. The summed E-state index contributed by atoms with van der Waals surface area (Å²) in [7, 11) is 1.67. The molecule has 33 heavy (non-hydrogen) atoms. The Hall–Kier alpha value is -3.76. The van der Waals surface area contributed by atoms with Crippen molar-refractivity contribution in [2.24, 2.45) is 0 Å². The first-order valence-corrected chi connectivity index (χ1v) is 11.1. The minimum Gasteiger partial charge on any atom is -0.497 e. The topological polar surface area (TPSA) is 36.3 Å². The summed E-state index contributed by atoms with van der Waals surface area (Å²) < 4.78 is 13.6. The van der Waals surface area contributed by atoms with Gasteiger partial charge in [0, 0.05) is 23.2 Å². The largest absolute Gasteiger partial charge is 0.497 e. The van der Waals surface area contributed by atoms with Gasteiger partial charge in [-0.15, -0.1) is 0 Å². The van der Waals surface area contributed by atoms with E-state index >= 15 is 0 Å². The second kappa shape index (κ2) is 9.39. The Balaban J connectivity index is 1.52. The van der Waals surface area contributed by atoms with E-state index in [0.29, 0.717) is 13.2 Å². The number of methoxy groups -OCH3 is 1. The van der Waals surface area contributed by atoms with E-state index in [2.05, 4.69) is 22.8 Å². The van der Waals surface area contributed by atoms with Gasteiger partial charge in [-0.3, -0.25) is 0 Å². The van der Waals surface area contributed by atoms with Crippen LogP contribution in [0.2, 0.25) is 5.02 Å². The van der Waals surface area contributed by atoms with Gasteiger partial charge in [-0.2, -0.15) is 0 Å². The first-order valence-electron chi connectivity index (χ1n) is 10.8. The number of ether oxygens (including phenoxy) is 2. The number of hydrogen-bond acceptors (Lipinski definition) is 3. The van der Waals surface area contributed by atoms with Crippen LogP contribution in [-0.4, -0.2) is 16.7 Å². The molecule has 0 aliphatic rings. The minimum atomic E-state index is 0.517. The molecule has 0 saturated carbocycles. The molecule has 4 aromatic carbocycles. The first kappa shape index (κ1) is 21.1. The van der Waals surface area contributed by atoms with Crippen LogP contribution < -0.4 is 9.47 Å². The van der Waals surface area contributed by atoms with Crippen LogP contribution in [0.5, 0.6) is 11.5 Å². The molecule has 0 aliphatic carbocycles. The average molecular weight is 455 g/mol. The third-order valence-electron chi connectivity index (χ3n) is 5.57. The second-order valence-electron chi connectivity index (χ2n) is 7.80. The SMILES string of the molecule is COc1ccc(-c2nc3cc(OCc4ccccc4)ccc3n2Cc2ccc(Cl)cc2)cc1. The molecule has 0 amide bonds. The molecule has 4 nitrogen and oxygen atoms in total. The van der Waals surface area contributed by atoms with Crippen molar-refractivity contribution >= 4 is 22.6 Å². The van der Waals surface area contributed by atoms with Crippen LogP contribution in [-0.2, 0) is 13.2 Å². The number of nitrogens with zero attached hydrogens (tertiary/aromatic N) is 2. The summed E-state index contributed by atoms with van der Waals surface area (Å²) in [5.74, 6) is 2.50. The van der Waals surface area contributed by atoms with Gasteiger partial charge >= 0.3 is 0 Å². The number of rotatable bonds is 7. The average Bonchev–Trinajstić information content (AvgIpc) is 3.22. The molecule has 164 valence electrons. The number of fused-ring (bicyclic) bond motifs is 1. The summed E-state index contributed by atoms with van der Waals surface area (Å²) in [6.07, 6.45) is 0. The molecule has 1 aromatic heterocycles. The van der Waals surface area contributed by atoms with Gasteiger partial charge < -0.3 is 14.0 Å². The maximum atomic E-state index is 6.09. The Bertz CT molecular complexity index is 1360. The van der Waals surface area contributed by atoms with E-state index in [1.165, 1.54) is 0 Å². The van der Waals surface area contributed by atoms with Gasteiger partial charge in [0.2, 0.25) is 0 Å². The summed E-state index contributed by atoms with van der Waals surface area (Å²) in [5.41, 5.74) is 5.23. The number of imidazole rings is 1. The fraction of sp³-hybridized carbons (Fsp3) is 0.107. The van der Waals surface area contributed by atoms with Crippen molar-refractivity contribution in [3.8, 4) is 22.9 Å². The maximum absolute atomic E-state index is 6.09. The molecule has 5 aromatic rings. The molecular weight excluding hydrogens is 432 g/mol. The highest BCUT2D eigenvalue weighted by Crippen LogP contribution is 2.30. The molecular formula is C28H23ClN2O2. The van der Waals surface area contributed by atoms with Gasteiger partial charge in [-0.1, -0.05) is 54.1 Å². The molecule has 0 aliphatic heterocycles. The highest BCUT2D eigenvalue weighted by molar-refractivity contribution is 6.30. The molecule has 1 heterocycles. The Morgan fingerprint density at radius 1 is 0.788 bits per heavy atom. The summed E-state index contributed by atoms with van der Waals surface area (Å²) >= 11 is 6.09. The molecule has 5 rings (SSSR count). The fourth-order valence-corrected chi connectivity index (χ4v) is 3.96. The van der Waals surface area contributed by atoms with E-state index in [1.54, 1.807) is 7.11 Å². The van der Waals surface area contributed by atoms with Gasteiger partial charge in [0.15, 0.2) is 0 Å². The lowest BCUT2D eigenvalue weighted by Crippen LogP contribution is -2.02. The first-order chi connectivity index (χ1) is 16.2. The Morgan fingerprint density at radius 3 is 2.24 bits per heavy atom. The second-order valence-corrected chi connectivity index (χ2v) is 8.24. The van der Waals surface area contributed by atoms with Crippen LogP contribution in [0, 0.1) is 0 Å². The monoisotopic (exact) mass is 454 g/mol. The van der Waals surface area contributed by atoms with Crippen molar-refractivity contribution in [1.29, 1.82) is 0 Å². The van der Waals surface area contributed by atoms with E-state index in [9.17, 15) is 0 Å². The lowest BCUT2D eigenvalue weighted by Gasteiger charge is -2.11. The maximum Gasteiger partial charge on any atom is 0.141 e. The third kappa shape index (κ3) is 4.71. The minimum absolute atomic E-state index is 0.517. The van der Waals surface area contributed by atoms with Crippen molar-refractivity contribution in [2.75, 3.05) is 7.11 Å². The number of benzene rings is 4. The molecule has 0 atom stereocenters. The number of hydrogen-bond donors (Lipinski definition) is 0. The van der Waals surface area contributed by atoms with Gasteiger partial charge in [0.25, 0.3) is 0 Å². The molecule has 0 spiro atoms. The smallest absolute Gasteiger partial charge is 0.141 e. The van der Waals surface area contributed by atoms with Gasteiger partial charge in [0.05, 0.1) is 18.1 Å². The van der Waals surface area contributed by atoms with E-state index < -0.39 is 0 Å². The molecule has 0 saturated heterocycles. The van der Waals surface area contributed by atoms with Crippen molar-refractivity contribution in [3.63, 3.8) is 0 Å². The lowest BCUT2D eigenvalue weighted by molar-refractivity contribution is 0.306. The van der Waals surface area contributed by atoms with Crippen molar-refractivity contribution in [3.05, 3.63) is 113 Å². The van der Waals surface area contributed by atoms with Gasteiger partial charge in [-0.25, -0.2) is 4.98 Å².